The van der Waals surface area contributed by atoms with E-state index in [9.17, 15) is 0 Å². The maximum atomic E-state index is 5.59. The average molecular weight is 294 g/mol. The van der Waals surface area contributed by atoms with Crippen LogP contribution in [0.1, 0.15) is 23.0 Å². The molecule has 0 amide bonds. The van der Waals surface area contributed by atoms with Gasteiger partial charge in [0.05, 0.1) is 5.69 Å². The van der Waals surface area contributed by atoms with Gasteiger partial charge < -0.3 is 9.26 Å². The van der Waals surface area contributed by atoms with E-state index in [0.717, 1.165) is 17.0 Å². The Morgan fingerprint density at radius 1 is 1.14 bits per heavy atom. The molecule has 0 radical (unpaired) electrons. The van der Waals surface area contributed by atoms with Gasteiger partial charge in [0.15, 0.2) is 6.61 Å². The van der Waals surface area contributed by atoms with Crippen molar-refractivity contribution < 1.29 is 9.26 Å². The molecule has 6 nitrogen and oxygen atoms in total. The van der Waals surface area contributed by atoms with Crippen molar-refractivity contribution in [2.45, 2.75) is 13.5 Å². The number of ether oxygens (including phenoxy) is 1. The molecule has 0 aliphatic rings. The molecule has 3 rings (SSSR count). The Morgan fingerprint density at radius 2 is 2.00 bits per heavy atom. The van der Waals surface area contributed by atoms with Crippen molar-refractivity contribution in [2.24, 2.45) is 0 Å². The van der Waals surface area contributed by atoms with Crippen molar-refractivity contribution in [3.63, 3.8) is 0 Å². The molecule has 0 aliphatic heterocycles. The average Bonchev–Trinajstić information content (AvgIpc) is 2.98. The number of nitrogens with zero attached hydrogens (tertiary/aromatic N) is 4. The molecule has 2 aromatic heterocycles. The van der Waals surface area contributed by atoms with Crippen LogP contribution in [0.5, 0.6) is 5.75 Å². The zero-order valence-electron chi connectivity index (χ0n) is 12.0. The second-order valence-corrected chi connectivity index (χ2v) is 4.55. The molecule has 0 fully saturated rings. The zero-order valence-corrected chi connectivity index (χ0v) is 12.0. The lowest BCUT2D eigenvalue weighted by molar-refractivity contribution is 0.285. The van der Waals surface area contributed by atoms with Gasteiger partial charge in [-0.25, -0.2) is 9.97 Å². The third-order valence-corrected chi connectivity index (χ3v) is 2.87. The summed E-state index contributed by atoms with van der Waals surface area (Å²) in [5.74, 6) is 1.82. The van der Waals surface area contributed by atoms with Gasteiger partial charge in [-0.3, -0.25) is 0 Å². The first kappa shape index (κ1) is 13.9. The lowest BCUT2D eigenvalue weighted by atomic mass is 10.2. The maximum Gasteiger partial charge on any atom is 0.223 e. The van der Waals surface area contributed by atoms with Crippen molar-refractivity contribution in [3.05, 3.63) is 65.8 Å². The topological polar surface area (TPSA) is 73.9 Å². The Labute approximate surface area is 127 Å². The summed E-state index contributed by atoms with van der Waals surface area (Å²) in [4.78, 5) is 12.1. The second kappa shape index (κ2) is 6.62. The molecule has 0 aliphatic carbocycles. The summed E-state index contributed by atoms with van der Waals surface area (Å²) in [6, 6.07) is 9.57. The summed E-state index contributed by atoms with van der Waals surface area (Å²) >= 11 is 0. The minimum atomic E-state index is 0.285. The predicted octanol–water partition coefficient (Wildman–Crippen LogP) is 2.92. The van der Waals surface area contributed by atoms with Crippen LogP contribution in [0.2, 0.25) is 0 Å². The zero-order chi connectivity index (χ0) is 15.2. The number of hydrogen-bond donors (Lipinski definition) is 0. The first-order valence-corrected chi connectivity index (χ1v) is 6.76. The van der Waals surface area contributed by atoms with E-state index in [1.807, 2.05) is 42.5 Å². The first-order valence-electron chi connectivity index (χ1n) is 6.76. The van der Waals surface area contributed by atoms with Gasteiger partial charge >= 0.3 is 0 Å². The van der Waals surface area contributed by atoms with E-state index in [1.54, 1.807) is 13.1 Å². The van der Waals surface area contributed by atoms with Crippen LogP contribution in [0, 0.1) is 6.92 Å². The van der Waals surface area contributed by atoms with Gasteiger partial charge in [-0.2, -0.15) is 4.98 Å². The number of benzene rings is 1. The predicted molar refractivity (Wildman–Crippen MR) is 80.8 cm³/mol. The quantitative estimate of drug-likeness (QED) is 0.720. The van der Waals surface area contributed by atoms with Gasteiger partial charge in [0, 0.05) is 13.1 Å². The maximum absolute atomic E-state index is 5.59. The van der Waals surface area contributed by atoms with Gasteiger partial charge in [0.25, 0.3) is 0 Å². The van der Waals surface area contributed by atoms with Gasteiger partial charge in [-0.1, -0.05) is 23.4 Å². The van der Waals surface area contributed by atoms with E-state index < -0.39 is 0 Å². The van der Waals surface area contributed by atoms with Crippen LogP contribution in [0.4, 0.5) is 0 Å². The summed E-state index contributed by atoms with van der Waals surface area (Å²) in [6.07, 6.45) is 7.15. The smallest absolute Gasteiger partial charge is 0.223 e. The molecule has 0 N–H and O–H groups in total. The Morgan fingerprint density at radius 3 is 2.68 bits per heavy atom. The van der Waals surface area contributed by atoms with Crippen LogP contribution < -0.4 is 4.74 Å². The number of aryl methyl sites for hydroxylation is 1. The lowest BCUT2D eigenvalue weighted by Gasteiger charge is -2.03. The standard InChI is InChI=1S/C16H14N4O2/c1-12-19-16(20-22-12)10-21-15-6-3-13(4-7-15)2-5-14-8-9-17-11-18-14/h2-9,11H,10H2,1H3. The highest BCUT2D eigenvalue weighted by molar-refractivity contribution is 5.67. The Kier molecular flexibility index (Phi) is 4.20. The SMILES string of the molecule is Cc1nc(COc2ccc(C=Cc3ccncn3)cc2)no1. The van der Waals surface area contributed by atoms with Gasteiger partial charge in [-0.15, -0.1) is 0 Å². The molecule has 0 atom stereocenters. The monoisotopic (exact) mass is 294 g/mol. The Bertz CT molecular complexity index is 751. The first-order chi connectivity index (χ1) is 10.8. The van der Waals surface area contributed by atoms with Gasteiger partial charge in [0.1, 0.15) is 12.1 Å². The van der Waals surface area contributed by atoms with E-state index in [1.165, 1.54) is 6.33 Å². The van der Waals surface area contributed by atoms with E-state index in [4.69, 9.17) is 9.26 Å². The highest BCUT2D eigenvalue weighted by Crippen LogP contribution is 2.15. The second-order valence-electron chi connectivity index (χ2n) is 4.55. The molecule has 110 valence electrons. The molecule has 3 aromatic rings. The third kappa shape index (κ3) is 3.76. The third-order valence-electron chi connectivity index (χ3n) is 2.87. The van der Waals surface area contributed by atoms with Crippen LogP contribution in [0.15, 0.2) is 47.4 Å². The molecule has 1 aromatic carbocycles. The molecular formula is C16H14N4O2. The van der Waals surface area contributed by atoms with Crippen LogP contribution in [0.3, 0.4) is 0 Å². The summed E-state index contributed by atoms with van der Waals surface area (Å²) < 4.78 is 10.5. The highest BCUT2D eigenvalue weighted by atomic mass is 16.5. The van der Waals surface area contributed by atoms with E-state index in [2.05, 4.69) is 20.1 Å². The largest absolute Gasteiger partial charge is 0.485 e. The van der Waals surface area contributed by atoms with Crippen LogP contribution in [-0.2, 0) is 6.61 Å². The fourth-order valence-electron chi connectivity index (χ4n) is 1.80. The molecule has 0 saturated heterocycles. The van der Waals surface area contributed by atoms with Crippen molar-refractivity contribution in [3.8, 4) is 5.75 Å². The van der Waals surface area contributed by atoms with E-state index in [0.29, 0.717) is 11.7 Å². The lowest BCUT2D eigenvalue weighted by Crippen LogP contribution is -1.97. The highest BCUT2D eigenvalue weighted by Gasteiger charge is 2.02. The van der Waals surface area contributed by atoms with Crippen molar-refractivity contribution >= 4 is 12.2 Å². The van der Waals surface area contributed by atoms with Crippen LogP contribution in [0.25, 0.3) is 12.2 Å². The van der Waals surface area contributed by atoms with Gasteiger partial charge in [-0.05, 0) is 29.8 Å². The van der Waals surface area contributed by atoms with E-state index in [-0.39, 0.29) is 6.61 Å². The molecule has 0 spiro atoms. The summed E-state index contributed by atoms with van der Waals surface area (Å²) in [7, 11) is 0. The number of rotatable bonds is 5. The molecular weight excluding hydrogens is 280 g/mol. The van der Waals surface area contributed by atoms with Gasteiger partial charge in [0.2, 0.25) is 11.7 Å². The van der Waals surface area contributed by atoms with Crippen LogP contribution >= 0.6 is 0 Å². The number of aromatic nitrogens is 4. The Balaban J connectivity index is 1.59. The molecule has 2 heterocycles. The minimum absolute atomic E-state index is 0.285. The van der Waals surface area contributed by atoms with Crippen molar-refractivity contribution in [1.29, 1.82) is 0 Å². The fourth-order valence-corrected chi connectivity index (χ4v) is 1.80. The summed E-state index contributed by atoms with van der Waals surface area (Å²) in [5, 5.41) is 3.78. The summed E-state index contributed by atoms with van der Waals surface area (Å²) in [5.41, 5.74) is 1.92. The van der Waals surface area contributed by atoms with Crippen LogP contribution in [-0.4, -0.2) is 20.1 Å². The van der Waals surface area contributed by atoms with Crippen molar-refractivity contribution in [2.75, 3.05) is 0 Å². The minimum Gasteiger partial charge on any atom is -0.485 e. The molecule has 0 unspecified atom stereocenters. The molecule has 0 bridgehead atoms. The fraction of sp³-hybridized carbons (Fsp3) is 0.125. The van der Waals surface area contributed by atoms with Crippen molar-refractivity contribution in [1.82, 2.24) is 20.1 Å². The molecule has 22 heavy (non-hydrogen) atoms. The molecule has 6 heteroatoms. The van der Waals surface area contributed by atoms with E-state index >= 15 is 0 Å². The summed E-state index contributed by atoms with van der Waals surface area (Å²) in [6.45, 7) is 2.03. The number of hydrogen-bond acceptors (Lipinski definition) is 6. The normalized spacial score (nSPS) is 11.0. The molecule has 0 saturated carbocycles. The Hall–Kier alpha value is -3.02.